The van der Waals surface area contributed by atoms with Crippen LogP contribution in [0, 0.1) is 5.41 Å². The Hall–Kier alpha value is -1.03. The summed E-state index contributed by atoms with van der Waals surface area (Å²) >= 11 is 6.11. The smallest absolute Gasteiger partial charge is 0.269 e. The van der Waals surface area contributed by atoms with Crippen molar-refractivity contribution in [1.29, 1.82) is 0 Å². The third-order valence-corrected chi connectivity index (χ3v) is 4.44. The van der Waals surface area contributed by atoms with Gasteiger partial charge in [0.05, 0.1) is 12.5 Å². The van der Waals surface area contributed by atoms with E-state index >= 15 is 0 Å². The van der Waals surface area contributed by atoms with E-state index in [9.17, 15) is 4.79 Å². The highest BCUT2D eigenvalue weighted by Gasteiger charge is 2.31. The molecule has 1 N–H and O–H groups in total. The Balaban J connectivity index is 1.94. The second-order valence-electron chi connectivity index (χ2n) is 5.27. The molecule has 0 unspecified atom stereocenters. The molecular formula is C13H20ClN3O. The van der Waals surface area contributed by atoms with Crippen LogP contribution in [0.1, 0.15) is 42.6 Å². The summed E-state index contributed by atoms with van der Waals surface area (Å²) in [6.07, 6.45) is 9.16. The minimum Gasteiger partial charge on any atom is -0.350 e. The number of aromatic nitrogens is 2. The van der Waals surface area contributed by atoms with Gasteiger partial charge in [0.2, 0.25) is 0 Å². The molecule has 0 saturated heterocycles. The first-order valence-electron chi connectivity index (χ1n) is 6.47. The van der Waals surface area contributed by atoms with Crippen LogP contribution >= 0.6 is 11.6 Å². The van der Waals surface area contributed by atoms with Gasteiger partial charge in [-0.1, -0.05) is 19.3 Å². The first-order chi connectivity index (χ1) is 8.67. The van der Waals surface area contributed by atoms with Gasteiger partial charge in [-0.05, 0) is 12.8 Å². The molecule has 0 spiro atoms. The van der Waals surface area contributed by atoms with Crippen molar-refractivity contribution < 1.29 is 4.79 Å². The normalized spacial score (nSPS) is 18.6. The lowest BCUT2D eigenvalue weighted by Crippen LogP contribution is -2.40. The fourth-order valence-electron chi connectivity index (χ4n) is 2.59. The minimum atomic E-state index is -0.0648. The number of aryl methyl sites for hydroxylation is 1. The zero-order valence-corrected chi connectivity index (χ0v) is 11.5. The number of imidazole rings is 1. The predicted octanol–water partition coefficient (Wildman–Crippen LogP) is 2.34. The van der Waals surface area contributed by atoms with Crippen LogP contribution in [0.2, 0.25) is 0 Å². The lowest BCUT2D eigenvalue weighted by Gasteiger charge is -2.35. The third kappa shape index (κ3) is 2.86. The average Bonchev–Trinajstić information content (AvgIpc) is 2.83. The van der Waals surface area contributed by atoms with Crippen LogP contribution < -0.4 is 5.32 Å². The molecule has 18 heavy (non-hydrogen) atoms. The molecule has 1 aromatic heterocycles. The molecule has 100 valence electrons. The summed E-state index contributed by atoms with van der Waals surface area (Å²) in [5, 5.41) is 3.00. The molecule has 0 aromatic carbocycles. The molecule has 0 bridgehead atoms. The molecular weight excluding hydrogens is 250 g/mol. The topological polar surface area (TPSA) is 46.9 Å². The minimum absolute atomic E-state index is 0.0648. The Labute approximate surface area is 113 Å². The zero-order chi connectivity index (χ0) is 13.0. The Bertz CT molecular complexity index is 410. The number of carbonyl (C=O) groups excluding carboxylic acids is 1. The first-order valence-corrected chi connectivity index (χ1v) is 7.01. The summed E-state index contributed by atoms with van der Waals surface area (Å²) in [6.45, 7) is 0.667. The van der Waals surface area contributed by atoms with Gasteiger partial charge in [0.1, 0.15) is 5.69 Å². The van der Waals surface area contributed by atoms with E-state index in [2.05, 4.69) is 10.3 Å². The van der Waals surface area contributed by atoms with Gasteiger partial charge in [0.25, 0.3) is 5.91 Å². The van der Waals surface area contributed by atoms with E-state index < -0.39 is 0 Å². The molecule has 5 heteroatoms. The standard InChI is InChI=1S/C13H20ClN3O/c1-17-10-15-7-11(17)12(18)16-9-13(8-14)5-3-2-4-6-13/h7,10H,2-6,8-9H2,1H3,(H,16,18). The number of hydrogen-bond acceptors (Lipinski definition) is 2. The summed E-state index contributed by atoms with van der Waals surface area (Å²) in [6, 6.07) is 0. The SMILES string of the molecule is Cn1cncc1C(=O)NCC1(CCl)CCCCC1. The summed E-state index contributed by atoms with van der Waals surface area (Å²) < 4.78 is 1.73. The Morgan fingerprint density at radius 3 is 2.78 bits per heavy atom. The molecule has 1 aromatic rings. The number of amides is 1. The van der Waals surface area contributed by atoms with Crippen LogP contribution in [-0.4, -0.2) is 27.9 Å². The van der Waals surface area contributed by atoms with Gasteiger partial charge >= 0.3 is 0 Å². The van der Waals surface area contributed by atoms with Gasteiger partial charge in [-0.2, -0.15) is 0 Å². The number of alkyl halides is 1. The van der Waals surface area contributed by atoms with Crippen LogP contribution in [0.5, 0.6) is 0 Å². The lowest BCUT2D eigenvalue weighted by atomic mass is 9.75. The van der Waals surface area contributed by atoms with E-state index in [-0.39, 0.29) is 11.3 Å². The van der Waals surface area contributed by atoms with E-state index in [4.69, 9.17) is 11.6 Å². The number of hydrogen-bond donors (Lipinski definition) is 1. The number of rotatable bonds is 4. The third-order valence-electron chi connectivity index (χ3n) is 3.87. The fourth-order valence-corrected chi connectivity index (χ4v) is 2.96. The molecule has 0 atom stereocenters. The molecule has 1 saturated carbocycles. The van der Waals surface area contributed by atoms with Crippen molar-refractivity contribution in [2.24, 2.45) is 12.5 Å². The maximum Gasteiger partial charge on any atom is 0.269 e. The molecule has 1 fully saturated rings. The van der Waals surface area contributed by atoms with Crippen molar-refractivity contribution in [3.63, 3.8) is 0 Å². The highest BCUT2D eigenvalue weighted by Crippen LogP contribution is 2.36. The van der Waals surface area contributed by atoms with Gasteiger partial charge < -0.3 is 9.88 Å². The number of carbonyl (C=O) groups is 1. The maximum absolute atomic E-state index is 12.0. The quantitative estimate of drug-likeness (QED) is 0.853. The second-order valence-corrected chi connectivity index (χ2v) is 5.53. The molecule has 1 aliphatic rings. The summed E-state index contributed by atoms with van der Waals surface area (Å²) in [7, 11) is 1.82. The molecule has 2 rings (SSSR count). The monoisotopic (exact) mass is 269 g/mol. The van der Waals surface area contributed by atoms with E-state index in [0.29, 0.717) is 18.1 Å². The van der Waals surface area contributed by atoms with Crippen LogP contribution in [0.3, 0.4) is 0 Å². The highest BCUT2D eigenvalue weighted by molar-refractivity contribution is 6.18. The van der Waals surface area contributed by atoms with Crippen LogP contribution in [0.15, 0.2) is 12.5 Å². The van der Waals surface area contributed by atoms with Crippen molar-refractivity contribution in [1.82, 2.24) is 14.9 Å². The lowest BCUT2D eigenvalue weighted by molar-refractivity contribution is 0.0912. The molecule has 4 nitrogen and oxygen atoms in total. The second kappa shape index (κ2) is 5.74. The fraction of sp³-hybridized carbons (Fsp3) is 0.692. The van der Waals surface area contributed by atoms with Crippen molar-refractivity contribution >= 4 is 17.5 Å². The molecule has 1 aliphatic carbocycles. The Morgan fingerprint density at radius 1 is 1.50 bits per heavy atom. The summed E-state index contributed by atoms with van der Waals surface area (Å²) in [5.41, 5.74) is 0.684. The number of nitrogens with one attached hydrogen (secondary N) is 1. The zero-order valence-electron chi connectivity index (χ0n) is 10.8. The molecule has 1 heterocycles. The van der Waals surface area contributed by atoms with E-state index in [1.165, 1.54) is 19.3 Å². The van der Waals surface area contributed by atoms with Crippen molar-refractivity contribution in [2.75, 3.05) is 12.4 Å². The first kappa shape index (κ1) is 13.4. The van der Waals surface area contributed by atoms with Gasteiger partial charge in [0.15, 0.2) is 0 Å². The van der Waals surface area contributed by atoms with Gasteiger partial charge in [0, 0.05) is 24.9 Å². The van der Waals surface area contributed by atoms with E-state index in [0.717, 1.165) is 12.8 Å². The Kier molecular flexibility index (Phi) is 4.27. The molecule has 0 radical (unpaired) electrons. The molecule has 1 amide bonds. The van der Waals surface area contributed by atoms with E-state index in [1.807, 2.05) is 7.05 Å². The van der Waals surface area contributed by atoms with Crippen molar-refractivity contribution in [3.8, 4) is 0 Å². The van der Waals surface area contributed by atoms with Crippen LogP contribution in [0.4, 0.5) is 0 Å². The van der Waals surface area contributed by atoms with Crippen LogP contribution in [-0.2, 0) is 7.05 Å². The number of nitrogens with zero attached hydrogens (tertiary/aromatic N) is 2. The molecule has 0 aliphatic heterocycles. The maximum atomic E-state index is 12.0. The van der Waals surface area contributed by atoms with Gasteiger partial charge in [-0.3, -0.25) is 4.79 Å². The van der Waals surface area contributed by atoms with E-state index in [1.54, 1.807) is 17.1 Å². The van der Waals surface area contributed by atoms with Crippen molar-refractivity contribution in [2.45, 2.75) is 32.1 Å². The largest absolute Gasteiger partial charge is 0.350 e. The summed E-state index contributed by atoms with van der Waals surface area (Å²) in [5.74, 6) is 0.559. The summed E-state index contributed by atoms with van der Waals surface area (Å²) in [4.78, 5) is 16.0. The van der Waals surface area contributed by atoms with Crippen molar-refractivity contribution in [3.05, 3.63) is 18.2 Å². The Morgan fingerprint density at radius 2 is 2.22 bits per heavy atom. The number of halogens is 1. The van der Waals surface area contributed by atoms with Gasteiger partial charge in [-0.25, -0.2) is 4.98 Å². The van der Waals surface area contributed by atoms with Gasteiger partial charge in [-0.15, -0.1) is 11.6 Å². The van der Waals surface area contributed by atoms with Crippen LogP contribution in [0.25, 0.3) is 0 Å². The average molecular weight is 270 g/mol. The predicted molar refractivity (Wildman–Crippen MR) is 71.8 cm³/mol. The highest BCUT2D eigenvalue weighted by atomic mass is 35.5.